The number of aliphatic hydroxyl groups excluding tert-OH is 1. The summed E-state index contributed by atoms with van der Waals surface area (Å²) in [5.74, 6) is 0.778. The Kier molecular flexibility index (Phi) is 4.54. The van der Waals surface area contributed by atoms with Crippen molar-refractivity contribution < 1.29 is 9.90 Å². The number of rotatable bonds is 6. The summed E-state index contributed by atoms with van der Waals surface area (Å²) in [7, 11) is 0. The third kappa shape index (κ3) is 3.13. The number of carbonyl (C=O) groups excluding carboxylic acids is 1. The standard InChI is InChI=1S/C20H25N7O2/c1-13-9-26(17(29)20(13,11-21)14-4-5-14)16-6-7-22-18(25-16)24-15-8-23-27(10-15)19(2,3)12-28/h6-8,10,13-14,28H,4-5,9,12H2,1-3H3,(H,22,24,25)/t13-,20-/m1/s1. The predicted octanol–water partition coefficient (Wildman–Crippen LogP) is 2.05. The van der Waals surface area contributed by atoms with Gasteiger partial charge in [0.1, 0.15) is 11.2 Å². The van der Waals surface area contributed by atoms with Crippen LogP contribution in [-0.4, -0.2) is 43.9 Å². The van der Waals surface area contributed by atoms with Crippen LogP contribution in [0.3, 0.4) is 0 Å². The molecule has 2 atom stereocenters. The molecule has 0 aromatic carbocycles. The number of anilines is 3. The molecule has 1 aliphatic carbocycles. The molecule has 3 heterocycles. The zero-order valence-electron chi connectivity index (χ0n) is 16.8. The van der Waals surface area contributed by atoms with E-state index in [1.807, 2.05) is 20.8 Å². The first-order chi connectivity index (χ1) is 13.8. The lowest BCUT2D eigenvalue weighted by atomic mass is 9.75. The highest BCUT2D eigenvalue weighted by atomic mass is 16.3. The molecule has 1 saturated carbocycles. The first kappa shape index (κ1) is 19.3. The fourth-order valence-corrected chi connectivity index (χ4v) is 3.98. The maximum Gasteiger partial charge on any atom is 0.249 e. The van der Waals surface area contributed by atoms with Crippen molar-refractivity contribution in [1.29, 1.82) is 5.26 Å². The molecule has 4 rings (SSSR count). The predicted molar refractivity (Wildman–Crippen MR) is 106 cm³/mol. The first-order valence-electron chi connectivity index (χ1n) is 9.81. The third-order valence-corrected chi connectivity index (χ3v) is 6.00. The Bertz CT molecular complexity index is 975. The zero-order chi connectivity index (χ0) is 20.8. The third-order valence-electron chi connectivity index (χ3n) is 6.00. The largest absolute Gasteiger partial charge is 0.394 e. The summed E-state index contributed by atoms with van der Waals surface area (Å²) in [4.78, 5) is 23.5. The minimum absolute atomic E-state index is 0.0437. The second kappa shape index (κ2) is 6.81. The van der Waals surface area contributed by atoms with Gasteiger partial charge in [-0.2, -0.15) is 15.3 Å². The highest BCUT2D eigenvalue weighted by Crippen LogP contribution is 2.54. The quantitative estimate of drug-likeness (QED) is 0.768. The molecule has 0 radical (unpaired) electrons. The van der Waals surface area contributed by atoms with E-state index in [9.17, 15) is 15.2 Å². The molecule has 1 amide bonds. The number of aliphatic hydroxyl groups is 1. The average Bonchev–Trinajstić information content (AvgIpc) is 3.38. The van der Waals surface area contributed by atoms with E-state index in [2.05, 4.69) is 26.5 Å². The Morgan fingerprint density at radius 1 is 1.45 bits per heavy atom. The van der Waals surface area contributed by atoms with Crippen LogP contribution in [0.5, 0.6) is 0 Å². The lowest BCUT2D eigenvalue weighted by Gasteiger charge is -2.22. The monoisotopic (exact) mass is 395 g/mol. The van der Waals surface area contributed by atoms with Gasteiger partial charge in [0.2, 0.25) is 11.9 Å². The van der Waals surface area contributed by atoms with Gasteiger partial charge in [0, 0.05) is 24.9 Å². The minimum atomic E-state index is -0.935. The fraction of sp³-hybridized carbons (Fsp3) is 0.550. The number of hydrogen-bond donors (Lipinski definition) is 2. The minimum Gasteiger partial charge on any atom is -0.394 e. The van der Waals surface area contributed by atoms with Gasteiger partial charge in [-0.25, -0.2) is 4.98 Å². The summed E-state index contributed by atoms with van der Waals surface area (Å²) in [6, 6.07) is 4.02. The Morgan fingerprint density at radius 2 is 2.21 bits per heavy atom. The molecule has 1 saturated heterocycles. The second-order valence-corrected chi connectivity index (χ2v) is 8.58. The van der Waals surface area contributed by atoms with Crippen LogP contribution in [0.1, 0.15) is 33.6 Å². The normalized spacial score (nSPS) is 24.6. The van der Waals surface area contributed by atoms with Gasteiger partial charge < -0.3 is 10.4 Å². The van der Waals surface area contributed by atoms with Crippen molar-refractivity contribution in [3.05, 3.63) is 24.7 Å². The van der Waals surface area contributed by atoms with Crippen LogP contribution in [0.4, 0.5) is 17.5 Å². The molecule has 1 aliphatic heterocycles. The number of nitriles is 1. The molecule has 29 heavy (non-hydrogen) atoms. The lowest BCUT2D eigenvalue weighted by molar-refractivity contribution is -0.124. The number of hydrogen-bond acceptors (Lipinski definition) is 7. The maximum absolute atomic E-state index is 13.2. The molecule has 9 heteroatoms. The van der Waals surface area contributed by atoms with Crippen molar-refractivity contribution in [2.24, 2.45) is 17.3 Å². The molecule has 2 aromatic rings. The molecule has 2 fully saturated rings. The van der Waals surface area contributed by atoms with Crippen LogP contribution in [0.25, 0.3) is 0 Å². The van der Waals surface area contributed by atoms with E-state index in [4.69, 9.17) is 0 Å². The molecule has 2 aromatic heterocycles. The molecule has 2 N–H and O–H groups in total. The fourth-order valence-electron chi connectivity index (χ4n) is 3.98. The van der Waals surface area contributed by atoms with Gasteiger partial charge >= 0.3 is 0 Å². The van der Waals surface area contributed by atoms with Crippen molar-refractivity contribution in [1.82, 2.24) is 19.7 Å². The van der Waals surface area contributed by atoms with Crippen molar-refractivity contribution in [2.45, 2.75) is 39.2 Å². The molecule has 0 unspecified atom stereocenters. The molecule has 0 spiro atoms. The van der Waals surface area contributed by atoms with E-state index in [1.165, 1.54) is 0 Å². The smallest absolute Gasteiger partial charge is 0.249 e. The zero-order valence-corrected chi connectivity index (χ0v) is 16.8. The summed E-state index contributed by atoms with van der Waals surface area (Å²) in [5.41, 5.74) is -0.783. The number of amides is 1. The number of aromatic nitrogens is 4. The molecule has 152 valence electrons. The highest BCUT2D eigenvalue weighted by Gasteiger charge is 2.61. The van der Waals surface area contributed by atoms with Crippen LogP contribution in [0, 0.1) is 28.6 Å². The summed E-state index contributed by atoms with van der Waals surface area (Å²) in [5, 5.41) is 26.7. The molecule has 0 bridgehead atoms. The van der Waals surface area contributed by atoms with E-state index in [1.54, 1.807) is 34.2 Å². The molecular formula is C20H25N7O2. The number of nitrogens with one attached hydrogen (secondary N) is 1. The van der Waals surface area contributed by atoms with E-state index < -0.39 is 11.0 Å². The highest BCUT2D eigenvalue weighted by molar-refractivity contribution is 6.02. The molecule has 9 nitrogen and oxygen atoms in total. The van der Waals surface area contributed by atoms with Crippen LogP contribution in [0.2, 0.25) is 0 Å². The second-order valence-electron chi connectivity index (χ2n) is 8.58. The van der Waals surface area contributed by atoms with E-state index in [-0.39, 0.29) is 24.3 Å². The van der Waals surface area contributed by atoms with Crippen molar-refractivity contribution in [3.8, 4) is 6.07 Å². The van der Waals surface area contributed by atoms with Gasteiger partial charge in [0.25, 0.3) is 0 Å². The van der Waals surface area contributed by atoms with Gasteiger partial charge in [-0.15, -0.1) is 0 Å². The van der Waals surface area contributed by atoms with Crippen molar-refractivity contribution in [2.75, 3.05) is 23.4 Å². The van der Waals surface area contributed by atoms with Crippen molar-refractivity contribution >= 4 is 23.4 Å². The topological polar surface area (TPSA) is 120 Å². The lowest BCUT2D eigenvalue weighted by Crippen LogP contribution is -2.37. The van der Waals surface area contributed by atoms with Crippen LogP contribution < -0.4 is 10.2 Å². The maximum atomic E-state index is 13.2. The van der Waals surface area contributed by atoms with E-state index >= 15 is 0 Å². The Hall–Kier alpha value is -2.99. The van der Waals surface area contributed by atoms with Gasteiger partial charge in [0.05, 0.1) is 30.1 Å². The Labute approximate surface area is 169 Å². The van der Waals surface area contributed by atoms with E-state index in [0.717, 1.165) is 12.8 Å². The van der Waals surface area contributed by atoms with Gasteiger partial charge in [0.15, 0.2) is 0 Å². The van der Waals surface area contributed by atoms with Crippen LogP contribution in [-0.2, 0) is 10.3 Å². The van der Waals surface area contributed by atoms with E-state index in [0.29, 0.717) is 24.0 Å². The summed E-state index contributed by atoms with van der Waals surface area (Å²) >= 11 is 0. The average molecular weight is 395 g/mol. The van der Waals surface area contributed by atoms with Gasteiger partial charge in [-0.1, -0.05) is 6.92 Å². The van der Waals surface area contributed by atoms with Gasteiger partial charge in [-0.05, 0) is 38.7 Å². The SMILES string of the molecule is C[C@@H]1CN(c2ccnc(Nc3cnn(C(C)(C)CO)c3)n2)C(=O)[C@@]1(C#N)C1CC1. The van der Waals surface area contributed by atoms with Crippen molar-refractivity contribution in [3.63, 3.8) is 0 Å². The van der Waals surface area contributed by atoms with Crippen LogP contribution >= 0.6 is 0 Å². The number of carbonyl (C=O) groups is 1. The summed E-state index contributed by atoms with van der Waals surface area (Å²) in [6.07, 6.45) is 6.85. The molecule has 2 aliphatic rings. The molecular weight excluding hydrogens is 370 g/mol. The summed E-state index contributed by atoms with van der Waals surface area (Å²) < 4.78 is 1.67. The Morgan fingerprint density at radius 3 is 2.86 bits per heavy atom. The Balaban J connectivity index is 1.56. The summed E-state index contributed by atoms with van der Waals surface area (Å²) in [6.45, 7) is 6.15. The van der Waals surface area contributed by atoms with Crippen LogP contribution in [0.15, 0.2) is 24.7 Å². The first-order valence-corrected chi connectivity index (χ1v) is 9.81. The number of nitrogens with zero attached hydrogens (tertiary/aromatic N) is 6. The van der Waals surface area contributed by atoms with Gasteiger partial charge in [-0.3, -0.25) is 14.4 Å².